The van der Waals surface area contributed by atoms with Gasteiger partial charge in [-0.3, -0.25) is 15.0 Å². The molecule has 0 saturated carbocycles. The van der Waals surface area contributed by atoms with Crippen LogP contribution in [0.5, 0.6) is 6.01 Å². The zero-order valence-electron chi connectivity index (χ0n) is 33.0. The van der Waals surface area contributed by atoms with Crippen LogP contribution in [0.2, 0.25) is 0 Å². The number of pyridine rings is 3. The molecule has 0 bridgehead atoms. The van der Waals surface area contributed by atoms with Gasteiger partial charge in [0.05, 0.1) is 6.20 Å². The van der Waals surface area contributed by atoms with Crippen molar-refractivity contribution in [3.8, 4) is 6.01 Å². The van der Waals surface area contributed by atoms with Gasteiger partial charge in [0.15, 0.2) is 0 Å². The SMILES string of the molecule is CC.CC.CC.CC.CCCC(CC)Oc1nccc(C)n1.Cc1cc(C)nc(C)c1.Cc1cccnc1C.Cc1ccncc1F. The fraction of sp³-hybridized carbons (Fsp3) is 0.525. The van der Waals surface area contributed by atoms with Crippen LogP contribution in [-0.2, 0) is 0 Å². The predicted molar refractivity (Wildman–Crippen MR) is 203 cm³/mol. The Hall–Kier alpha value is -3.74. The number of hydrogen-bond acceptors (Lipinski definition) is 6. The Morgan fingerprint density at radius 2 is 1.23 bits per heavy atom. The second kappa shape index (κ2) is 35.1. The molecule has 0 amide bonds. The first-order chi connectivity index (χ1) is 22.5. The van der Waals surface area contributed by atoms with Gasteiger partial charge in [-0.1, -0.05) is 81.7 Å². The summed E-state index contributed by atoms with van der Waals surface area (Å²) in [4.78, 5) is 20.2. The number of hydrogen-bond donors (Lipinski definition) is 0. The Kier molecular flexibility index (Phi) is 37.5. The van der Waals surface area contributed by atoms with Crippen LogP contribution >= 0.6 is 0 Å². The van der Waals surface area contributed by atoms with Crippen molar-refractivity contribution in [3.63, 3.8) is 0 Å². The average molecular weight is 654 g/mol. The van der Waals surface area contributed by atoms with Gasteiger partial charge in [0.1, 0.15) is 11.9 Å². The Balaban J connectivity index is -0.000000249. The molecular formula is C40H68FN5O. The number of rotatable bonds is 5. The van der Waals surface area contributed by atoms with Crippen LogP contribution < -0.4 is 4.74 Å². The fourth-order valence-electron chi connectivity index (χ4n) is 3.35. The molecule has 0 aliphatic heterocycles. The summed E-state index contributed by atoms with van der Waals surface area (Å²) >= 11 is 0. The van der Waals surface area contributed by atoms with Crippen molar-refractivity contribution in [2.24, 2.45) is 0 Å². The molecule has 7 heteroatoms. The van der Waals surface area contributed by atoms with Gasteiger partial charge in [-0.25, -0.2) is 14.4 Å². The molecule has 47 heavy (non-hydrogen) atoms. The summed E-state index contributed by atoms with van der Waals surface area (Å²) in [5.74, 6) is -0.243. The van der Waals surface area contributed by atoms with Gasteiger partial charge in [-0.2, -0.15) is 0 Å². The molecule has 0 aliphatic rings. The van der Waals surface area contributed by atoms with E-state index in [1.165, 1.54) is 17.3 Å². The smallest absolute Gasteiger partial charge is 0.316 e. The molecular weight excluding hydrogens is 585 g/mol. The third-order valence-corrected chi connectivity index (χ3v) is 5.58. The van der Waals surface area contributed by atoms with Crippen LogP contribution in [-0.4, -0.2) is 31.0 Å². The van der Waals surface area contributed by atoms with Crippen LogP contribution in [0.25, 0.3) is 0 Å². The highest BCUT2D eigenvalue weighted by Crippen LogP contribution is 2.11. The lowest BCUT2D eigenvalue weighted by Crippen LogP contribution is -2.16. The first-order valence-corrected chi connectivity index (χ1v) is 17.4. The molecule has 4 rings (SSSR count). The van der Waals surface area contributed by atoms with Crippen molar-refractivity contribution in [2.75, 3.05) is 0 Å². The largest absolute Gasteiger partial charge is 0.460 e. The molecule has 0 radical (unpaired) electrons. The van der Waals surface area contributed by atoms with E-state index in [9.17, 15) is 4.39 Å². The zero-order chi connectivity index (χ0) is 37.2. The standard InChI is InChI=1S/C11H18N2O.C8H11N.C7H9N.C6H6FN.4C2H6/c1-4-6-10(5-2)14-11-12-8-7-9(3)13-11;1-6-4-7(2)9-8(3)5-6;1-6-4-3-5-8-7(6)2;1-5-2-3-8-4-6(5)7;4*1-2/h7-8,10H,4-6H2,1-3H3;4-5H,1-3H3;3-5H,1-2H3;2-4H,1H3;4*1-2H3. The summed E-state index contributed by atoms with van der Waals surface area (Å²) in [7, 11) is 0. The summed E-state index contributed by atoms with van der Waals surface area (Å²) in [6.45, 7) is 34.1. The van der Waals surface area contributed by atoms with Gasteiger partial charge in [0.2, 0.25) is 0 Å². The highest BCUT2D eigenvalue weighted by molar-refractivity contribution is 5.18. The summed E-state index contributed by atoms with van der Waals surface area (Å²) in [5, 5.41) is 0. The van der Waals surface area contributed by atoms with Crippen LogP contribution in [0.4, 0.5) is 4.39 Å². The summed E-state index contributed by atoms with van der Waals surface area (Å²) in [6.07, 6.45) is 9.76. The topological polar surface area (TPSA) is 73.7 Å². The zero-order valence-corrected chi connectivity index (χ0v) is 33.0. The summed E-state index contributed by atoms with van der Waals surface area (Å²) in [6, 6.07) is 12.2. The molecule has 4 aromatic rings. The van der Waals surface area contributed by atoms with E-state index in [1.807, 2.05) is 101 Å². The van der Waals surface area contributed by atoms with Crippen molar-refractivity contribution in [1.29, 1.82) is 0 Å². The minimum absolute atomic E-state index is 0.243. The van der Waals surface area contributed by atoms with E-state index in [4.69, 9.17) is 4.74 Å². The van der Waals surface area contributed by atoms with E-state index in [0.717, 1.165) is 42.0 Å². The monoisotopic (exact) mass is 654 g/mol. The predicted octanol–water partition coefficient (Wildman–Crippen LogP) is 12.1. The summed E-state index contributed by atoms with van der Waals surface area (Å²) < 4.78 is 17.9. The lowest BCUT2D eigenvalue weighted by Gasteiger charge is -2.14. The molecule has 1 atom stereocenters. The Bertz CT molecular complexity index is 1110. The quantitative estimate of drug-likeness (QED) is 0.213. The molecule has 0 N–H and O–H groups in total. The maximum atomic E-state index is 12.3. The van der Waals surface area contributed by atoms with E-state index in [2.05, 4.69) is 70.8 Å². The average Bonchev–Trinajstić information content (AvgIpc) is 3.08. The highest BCUT2D eigenvalue weighted by atomic mass is 19.1. The fourth-order valence-corrected chi connectivity index (χ4v) is 3.35. The van der Waals surface area contributed by atoms with Crippen LogP contribution in [0.15, 0.2) is 61.2 Å². The number of aromatic nitrogens is 5. The third kappa shape index (κ3) is 28.2. The molecule has 0 saturated heterocycles. The molecule has 1 unspecified atom stereocenters. The molecule has 0 aromatic carbocycles. The van der Waals surface area contributed by atoms with Gasteiger partial charge in [0.25, 0.3) is 0 Å². The molecule has 0 spiro atoms. The first kappa shape index (κ1) is 50.1. The highest BCUT2D eigenvalue weighted by Gasteiger charge is 2.08. The first-order valence-electron chi connectivity index (χ1n) is 17.4. The normalized spacial score (nSPS) is 9.23. The van der Waals surface area contributed by atoms with E-state index in [0.29, 0.717) is 11.6 Å². The second-order valence-electron chi connectivity index (χ2n) is 9.38. The number of nitrogens with zero attached hydrogens (tertiary/aromatic N) is 5. The van der Waals surface area contributed by atoms with Crippen molar-refractivity contribution in [1.82, 2.24) is 24.9 Å². The third-order valence-electron chi connectivity index (χ3n) is 5.58. The lowest BCUT2D eigenvalue weighted by molar-refractivity contribution is 0.169. The maximum Gasteiger partial charge on any atom is 0.316 e. The van der Waals surface area contributed by atoms with Gasteiger partial charge >= 0.3 is 6.01 Å². The van der Waals surface area contributed by atoms with E-state index in [-0.39, 0.29) is 11.9 Å². The Morgan fingerprint density at radius 1 is 0.660 bits per heavy atom. The molecule has 0 aliphatic carbocycles. The Morgan fingerprint density at radius 3 is 1.60 bits per heavy atom. The van der Waals surface area contributed by atoms with Gasteiger partial charge in [0, 0.05) is 41.4 Å². The minimum Gasteiger partial charge on any atom is -0.460 e. The maximum absolute atomic E-state index is 12.3. The van der Waals surface area contributed by atoms with Crippen molar-refractivity contribution >= 4 is 0 Å². The molecule has 4 aromatic heterocycles. The van der Waals surface area contributed by atoms with E-state index >= 15 is 0 Å². The van der Waals surface area contributed by atoms with Crippen LogP contribution in [0, 0.1) is 54.3 Å². The number of halogens is 1. The molecule has 266 valence electrons. The lowest BCUT2D eigenvalue weighted by atomic mass is 10.2. The van der Waals surface area contributed by atoms with Crippen LogP contribution in [0.1, 0.15) is 128 Å². The van der Waals surface area contributed by atoms with Gasteiger partial charge < -0.3 is 4.74 Å². The second-order valence-corrected chi connectivity index (χ2v) is 9.38. The van der Waals surface area contributed by atoms with Crippen molar-refractivity contribution in [2.45, 2.75) is 143 Å². The number of aryl methyl sites for hydroxylation is 7. The minimum atomic E-state index is -0.243. The van der Waals surface area contributed by atoms with Gasteiger partial charge in [-0.15, -0.1) is 0 Å². The number of ether oxygens (including phenoxy) is 1. The van der Waals surface area contributed by atoms with Crippen molar-refractivity contribution in [3.05, 3.63) is 106 Å². The summed E-state index contributed by atoms with van der Waals surface area (Å²) in [5.41, 5.74) is 7.46. The van der Waals surface area contributed by atoms with Crippen molar-refractivity contribution < 1.29 is 9.13 Å². The molecule has 0 fully saturated rings. The van der Waals surface area contributed by atoms with E-state index < -0.39 is 0 Å². The van der Waals surface area contributed by atoms with E-state index in [1.54, 1.807) is 25.4 Å². The van der Waals surface area contributed by atoms with Gasteiger partial charge in [-0.05, 0) is 108 Å². The molecule has 6 nitrogen and oxygen atoms in total. The molecule has 4 heterocycles. The van der Waals surface area contributed by atoms with Crippen LogP contribution in [0.3, 0.4) is 0 Å². The Labute approximate surface area is 289 Å².